The molecule has 1 aromatic carbocycles. The summed E-state index contributed by atoms with van der Waals surface area (Å²) in [5, 5.41) is 3.04. The van der Waals surface area contributed by atoms with Crippen LogP contribution in [0.5, 0.6) is 0 Å². The van der Waals surface area contributed by atoms with Crippen molar-refractivity contribution >= 4 is 5.91 Å². The first kappa shape index (κ1) is 16.4. The third-order valence-electron chi connectivity index (χ3n) is 4.88. The van der Waals surface area contributed by atoms with Gasteiger partial charge < -0.3 is 15.8 Å². The van der Waals surface area contributed by atoms with Gasteiger partial charge in [-0.25, -0.2) is 0 Å². The molecule has 2 fully saturated rings. The number of morpholine rings is 1. The van der Waals surface area contributed by atoms with E-state index in [2.05, 4.69) is 34.5 Å². The van der Waals surface area contributed by atoms with Crippen molar-refractivity contribution in [3.63, 3.8) is 0 Å². The molecular formula is C18H27N3O2. The molecule has 0 bridgehead atoms. The van der Waals surface area contributed by atoms with E-state index < -0.39 is 0 Å². The van der Waals surface area contributed by atoms with Crippen LogP contribution in [-0.2, 0) is 16.1 Å². The van der Waals surface area contributed by atoms with Crippen LogP contribution in [0, 0.1) is 5.92 Å². The van der Waals surface area contributed by atoms with Crippen molar-refractivity contribution in [2.24, 2.45) is 11.7 Å². The van der Waals surface area contributed by atoms with E-state index >= 15 is 0 Å². The Morgan fingerprint density at radius 1 is 1.30 bits per heavy atom. The molecule has 1 heterocycles. The van der Waals surface area contributed by atoms with E-state index in [0.717, 1.165) is 45.5 Å². The summed E-state index contributed by atoms with van der Waals surface area (Å²) in [5.74, 6) is 0.0813. The fraction of sp³-hybridized carbons (Fsp3) is 0.611. The van der Waals surface area contributed by atoms with Crippen LogP contribution in [0.15, 0.2) is 30.3 Å². The second-order valence-electron chi connectivity index (χ2n) is 6.66. The molecule has 1 saturated carbocycles. The molecule has 1 saturated heterocycles. The van der Waals surface area contributed by atoms with Gasteiger partial charge in [0.05, 0.1) is 18.6 Å². The second-order valence-corrected chi connectivity index (χ2v) is 6.66. The summed E-state index contributed by atoms with van der Waals surface area (Å²) in [7, 11) is 0. The van der Waals surface area contributed by atoms with E-state index in [1.807, 2.05) is 6.07 Å². The number of carbonyl (C=O) groups is 1. The SMILES string of the molecule is NC1CCCC1C(=O)NCC1CN(Cc2ccccc2)CCO1. The average molecular weight is 317 g/mol. The Hall–Kier alpha value is -1.43. The van der Waals surface area contributed by atoms with Gasteiger partial charge in [0.2, 0.25) is 5.91 Å². The van der Waals surface area contributed by atoms with Gasteiger partial charge in [-0.15, -0.1) is 0 Å². The number of nitrogens with one attached hydrogen (secondary N) is 1. The second kappa shape index (κ2) is 7.90. The molecule has 0 spiro atoms. The Labute approximate surface area is 138 Å². The molecule has 0 aromatic heterocycles. The van der Waals surface area contributed by atoms with Crippen LogP contribution in [0.3, 0.4) is 0 Å². The predicted molar refractivity (Wildman–Crippen MR) is 89.8 cm³/mol. The zero-order valence-electron chi connectivity index (χ0n) is 13.6. The summed E-state index contributed by atoms with van der Waals surface area (Å²) in [6.45, 7) is 4.02. The van der Waals surface area contributed by atoms with Gasteiger partial charge in [0, 0.05) is 32.2 Å². The van der Waals surface area contributed by atoms with Gasteiger partial charge in [-0.2, -0.15) is 0 Å². The normalized spacial score (nSPS) is 28.7. The highest BCUT2D eigenvalue weighted by Gasteiger charge is 2.30. The average Bonchev–Trinajstić information content (AvgIpc) is 3.00. The highest BCUT2D eigenvalue weighted by molar-refractivity contribution is 5.79. The Morgan fingerprint density at radius 3 is 2.87 bits per heavy atom. The lowest BCUT2D eigenvalue weighted by Crippen LogP contribution is -2.48. The Balaban J connectivity index is 1.44. The number of benzene rings is 1. The number of nitrogens with zero attached hydrogens (tertiary/aromatic N) is 1. The topological polar surface area (TPSA) is 67.6 Å². The molecule has 5 nitrogen and oxygen atoms in total. The van der Waals surface area contributed by atoms with Crippen LogP contribution in [0.25, 0.3) is 0 Å². The monoisotopic (exact) mass is 317 g/mol. The minimum atomic E-state index is -0.0148. The number of carbonyl (C=O) groups excluding carboxylic acids is 1. The van der Waals surface area contributed by atoms with E-state index in [1.165, 1.54) is 5.56 Å². The van der Waals surface area contributed by atoms with Crippen molar-refractivity contribution in [1.82, 2.24) is 10.2 Å². The number of hydrogen-bond acceptors (Lipinski definition) is 4. The van der Waals surface area contributed by atoms with Crippen LogP contribution in [0.1, 0.15) is 24.8 Å². The van der Waals surface area contributed by atoms with Gasteiger partial charge in [-0.05, 0) is 18.4 Å². The molecule has 1 amide bonds. The molecule has 1 aliphatic heterocycles. The molecule has 3 atom stereocenters. The lowest BCUT2D eigenvalue weighted by atomic mass is 10.0. The molecule has 5 heteroatoms. The fourth-order valence-corrected chi connectivity index (χ4v) is 3.55. The first-order valence-electron chi connectivity index (χ1n) is 8.63. The number of nitrogens with two attached hydrogens (primary N) is 1. The first-order chi connectivity index (χ1) is 11.2. The first-order valence-corrected chi connectivity index (χ1v) is 8.63. The molecule has 126 valence electrons. The quantitative estimate of drug-likeness (QED) is 0.854. The van der Waals surface area contributed by atoms with Gasteiger partial charge in [-0.3, -0.25) is 9.69 Å². The zero-order valence-corrected chi connectivity index (χ0v) is 13.6. The molecular weight excluding hydrogens is 290 g/mol. The molecule has 1 aromatic rings. The van der Waals surface area contributed by atoms with E-state index in [9.17, 15) is 4.79 Å². The molecule has 1 aliphatic carbocycles. The Bertz CT molecular complexity index is 508. The Kier molecular flexibility index (Phi) is 5.65. The van der Waals surface area contributed by atoms with E-state index in [-0.39, 0.29) is 24.0 Å². The molecule has 3 N–H and O–H groups in total. The van der Waals surface area contributed by atoms with Gasteiger partial charge in [0.1, 0.15) is 0 Å². The largest absolute Gasteiger partial charge is 0.374 e. The summed E-state index contributed by atoms with van der Waals surface area (Å²) in [5.41, 5.74) is 7.31. The summed E-state index contributed by atoms with van der Waals surface area (Å²) < 4.78 is 5.80. The van der Waals surface area contributed by atoms with Crippen LogP contribution < -0.4 is 11.1 Å². The summed E-state index contributed by atoms with van der Waals surface area (Å²) in [4.78, 5) is 14.6. The summed E-state index contributed by atoms with van der Waals surface area (Å²) >= 11 is 0. The molecule has 2 aliphatic rings. The molecule has 3 unspecified atom stereocenters. The van der Waals surface area contributed by atoms with Crippen molar-refractivity contribution in [3.05, 3.63) is 35.9 Å². The predicted octanol–water partition coefficient (Wildman–Crippen LogP) is 1.13. The number of rotatable bonds is 5. The summed E-state index contributed by atoms with van der Waals surface area (Å²) in [6, 6.07) is 10.5. The fourth-order valence-electron chi connectivity index (χ4n) is 3.55. The lowest BCUT2D eigenvalue weighted by molar-refractivity contribution is -0.126. The van der Waals surface area contributed by atoms with Crippen LogP contribution in [0.2, 0.25) is 0 Å². The van der Waals surface area contributed by atoms with E-state index in [4.69, 9.17) is 10.5 Å². The number of ether oxygens (including phenoxy) is 1. The van der Waals surface area contributed by atoms with Crippen molar-refractivity contribution in [3.8, 4) is 0 Å². The highest BCUT2D eigenvalue weighted by atomic mass is 16.5. The summed E-state index contributed by atoms with van der Waals surface area (Å²) in [6.07, 6.45) is 3.00. The minimum absolute atomic E-state index is 0.0148. The third-order valence-corrected chi connectivity index (χ3v) is 4.88. The van der Waals surface area contributed by atoms with Gasteiger partial charge >= 0.3 is 0 Å². The third kappa shape index (κ3) is 4.53. The molecule has 0 radical (unpaired) electrons. The van der Waals surface area contributed by atoms with Gasteiger partial charge in [0.15, 0.2) is 0 Å². The van der Waals surface area contributed by atoms with Crippen LogP contribution >= 0.6 is 0 Å². The smallest absolute Gasteiger partial charge is 0.224 e. The van der Waals surface area contributed by atoms with Crippen molar-refractivity contribution in [1.29, 1.82) is 0 Å². The standard InChI is InChI=1S/C18H27N3O2/c19-17-8-4-7-16(17)18(22)20-11-15-13-21(9-10-23-15)12-14-5-2-1-3-6-14/h1-3,5-6,15-17H,4,7-13,19H2,(H,20,22). The number of amides is 1. The zero-order chi connectivity index (χ0) is 16.1. The van der Waals surface area contributed by atoms with Crippen molar-refractivity contribution in [2.75, 3.05) is 26.2 Å². The van der Waals surface area contributed by atoms with Crippen molar-refractivity contribution < 1.29 is 9.53 Å². The highest BCUT2D eigenvalue weighted by Crippen LogP contribution is 2.24. The van der Waals surface area contributed by atoms with Gasteiger partial charge in [-0.1, -0.05) is 36.8 Å². The van der Waals surface area contributed by atoms with E-state index in [1.54, 1.807) is 0 Å². The van der Waals surface area contributed by atoms with Crippen molar-refractivity contribution in [2.45, 2.75) is 38.0 Å². The maximum atomic E-state index is 12.2. The molecule has 3 rings (SSSR count). The maximum absolute atomic E-state index is 12.2. The van der Waals surface area contributed by atoms with E-state index in [0.29, 0.717) is 6.54 Å². The van der Waals surface area contributed by atoms with Crippen LogP contribution in [-0.4, -0.2) is 49.2 Å². The lowest BCUT2D eigenvalue weighted by Gasteiger charge is -2.33. The molecule has 23 heavy (non-hydrogen) atoms. The van der Waals surface area contributed by atoms with Gasteiger partial charge in [0.25, 0.3) is 0 Å². The maximum Gasteiger partial charge on any atom is 0.224 e. The Morgan fingerprint density at radius 2 is 2.13 bits per heavy atom. The minimum Gasteiger partial charge on any atom is -0.374 e. The number of hydrogen-bond donors (Lipinski definition) is 2. The van der Waals surface area contributed by atoms with Crippen LogP contribution in [0.4, 0.5) is 0 Å².